The molecule has 0 atom stereocenters. The molecule has 27 heavy (non-hydrogen) atoms. The minimum Gasteiger partial charge on any atom is -0.488 e. The molecule has 2 aromatic heterocycles. The molecule has 3 heterocycles. The monoisotopic (exact) mass is 385 g/mol. The van der Waals surface area contributed by atoms with E-state index in [1.807, 2.05) is 0 Å². The first-order valence-corrected chi connectivity index (χ1v) is 8.36. The number of ether oxygens (including phenoxy) is 1. The van der Waals surface area contributed by atoms with Gasteiger partial charge in [0.15, 0.2) is 11.7 Å². The fourth-order valence-electron chi connectivity index (χ4n) is 2.74. The Morgan fingerprint density at radius 1 is 1.30 bits per heavy atom. The summed E-state index contributed by atoms with van der Waals surface area (Å²) in [6.07, 6.45) is 3.19. The number of Topliss-reactive ketones (excluding diaryl/α,β-unsaturated/α-hetero) is 1. The van der Waals surface area contributed by atoms with Crippen LogP contribution in [0, 0.1) is 5.82 Å². The zero-order valence-corrected chi connectivity index (χ0v) is 14.6. The van der Waals surface area contributed by atoms with E-state index >= 15 is 0 Å². The maximum Gasteiger partial charge on any atom is 0.197 e. The molecule has 3 aromatic rings. The molecule has 4 rings (SSSR count). The molecule has 0 amide bonds. The number of pyridine rings is 1. The average Bonchev–Trinajstić information content (AvgIpc) is 3.08. The predicted octanol–water partition coefficient (Wildman–Crippen LogP) is 3.58. The highest BCUT2D eigenvalue weighted by atomic mass is 35.5. The van der Waals surface area contributed by atoms with E-state index < -0.39 is 5.82 Å². The number of aromatic amines is 1. The van der Waals surface area contributed by atoms with Gasteiger partial charge in [0.25, 0.3) is 0 Å². The molecule has 1 aliphatic heterocycles. The van der Waals surface area contributed by atoms with E-state index in [0.29, 0.717) is 34.1 Å². The number of nitrogen functional groups attached to an aromatic ring is 1. The first-order valence-electron chi connectivity index (χ1n) is 7.98. The fraction of sp³-hybridized carbons (Fsp3) is 0.111. The summed E-state index contributed by atoms with van der Waals surface area (Å²) in [4.78, 5) is 28.2. The van der Waals surface area contributed by atoms with Crippen LogP contribution in [0.15, 0.2) is 41.7 Å². The van der Waals surface area contributed by atoms with Crippen molar-refractivity contribution < 1.29 is 13.9 Å². The normalized spacial score (nSPS) is 13.3. The van der Waals surface area contributed by atoms with Crippen LogP contribution in [-0.4, -0.2) is 33.1 Å². The van der Waals surface area contributed by atoms with Crippen LogP contribution in [-0.2, 0) is 0 Å². The Bertz CT molecular complexity index is 1080. The Balaban J connectivity index is 1.64. The van der Waals surface area contributed by atoms with Gasteiger partial charge in [0.2, 0.25) is 0 Å². The van der Waals surface area contributed by atoms with Crippen molar-refractivity contribution in [3.8, 4) is 17.1 Å². The van der Waals surface area contributed by atoms with Gasteiger partial charge in [-0.3, -0.25) is 14.8 Å². The van der Waals surface area contributed by atoms with Gasteiger partial charge in [-0.25, -0.2) is 9.37 Å². The van der Waals surface area contributed by atoms with Crippen LogP contribution in [0.2, 0.25) is 5.02 Å². The van der Waals surface area contributed by atoms with Crippen molar-refractivity contribution in [1.82, 2.24) is 15.0 Å². The Morgan fingerprint density at radius 2 is 2.15 bits per heavy atom. The summed E-state index contributed by atoms with van der Waals surface area (Å²) in [6, 6.07) is 5.67. The molecule has 9 heteroatoms. The molecule has 0 saturated heterocycles. The third kappa shape index (κ3) is 3.39. The van der Waals surface area contributed by atoms with Gasteiger partial charge in [-0.05, 0) is 18.2 Å². The van der Waals surface area contributed by atoms with Crippen molar-refractivity contribution in [2.75, 3.05) is 12.3 Å². The number of benzene rings is 1. The van der Waals surface area contributed by atoms with Crippen molar-refractivity contribution in [3.05, 3.63) is 53.1 Å². The lowest BCUT2D eigenvalue weighted by Crippen LogP contribution is -2.20. The number of nitrogens with zero attached hydrogens (tertiary/aromatic N) is 3. The molecule has 136 valence electrons. The van der Waals surface area contributed by atoms with Crippen molar-refractivity contribution in [2.45, 2.75) is 6.42 Å². The van der Waals surface area contributed by atoms with Crippen molar-refractivity contribution in [2.24, 2.45) is 4.99 Å². The van der Waals surface area contributed by atoms with Gasteiger partial charge in [0.1, 0.15) is 29.6 Å². The molecule has 0 spiro atoms. The number of fused-ring (bicyclic) bond motifs is 1. The molecule has 1 aliphatic rings. The van der Waals surface area contributed by atoms with Gasteiger partial charge in [-0.1, -0.05) is 11.6 Å². The summed E-state index contributed by atoms with van der Waals surface area (Å²) in [7, 11) is 0. The second-order valence-corrected chi connectivity index (χ2v) is 6.29. The van der Waals surface area contributed by atoms with Crippen LogP contribution >= 0.6 is 11.6 Å². The Kier molecular flexibility index (Phi) is 4.33. The number of ketones is 1. The molecule has 7 nitrogen and oxygen atoms in total. The van der Waals surface area contributed by atoms with Gasteiger partial charge < -0.3 is 15.5 Å². The number of aromatic nitrogens is 3. The molecule has 0 bridgehead atoms. The third-order valence-corrected chi connectivity index (χ3v) is 4.30. The Hall–Kier alpha value is -3.26. The van der Waals surface area contributed by atoms with Crippen LogP contribution in [0.1, 0.15) is 16.8 Å². The summed E-state index contributed by atoms with van der Waals surface area (Å²) >= 11 is 5.75. The van der Waals surface area contributed by atoms with Gasteiger partial charge in [0.05, 0.1) is 29.0 Å². The molecular formula is C18H13ClFN5O2. The lowest BCUT2D eigenvalue weighted by molar-refractivity contribution is 0.0998. The minimum absolute atomic E-state index is 0.0391. The van der Waals surface area contributed by atoms with Gasteiger partial charge in [-0.15, -0.1) is 0 Å². The Morgan fingerprint density at radius 3 is 2.89 bits per heavy atom. The lowest BCUT2D eigenvalue weighted by Gasteiger charge is -2.17. The fourth-order valence-corrected chi connectivity index (χ4v) is 2.91. The zero-order chi connectivity index (χ0) is 19.0. The number of nitrogens with one attached hydrogen (secondary N) is 1. The predicted molar refractivity (Wildman–Crippen MR) is 99.2 cm³/mol. The van der Waals surface area contributed by atoms with E-state index in [1.54, 1.807) is 12.3 Å². The van der Waals surface area contributed by atoms with E-state index in [4.69, 9.17) is 22.1 Å². The molecule has 0 radical (unpaired) electrons. The SMILES string of the molecule is Nc1ncc(-c2nccc3c2N=C(COc2ccc(F)c(Cl)c2)CC3=O)[nH]1. The van der Waals surface area contributed by atoms with Crippen LogP contribution in [0.3, 0.4) is 0 Å². The number of halogens is 2. The highest BCUT2D eigenvalue weighted by Gasteiger charge is 2.24. The standard InChI is InChI=1S/C18H13ClFN5O2/c19-12-6-10(1-2-13(12)20)27-8-9-5-15(26)11-3-4-22-17(16(11)24-9)14-7-23-18(21)25-14/h1-4,6-7H,5,8H2,(H3,21,23,25). The zero-order valence-electron chi connectivity index (χ0n) is 13.9. The van der Waals surface area contributed by atoms with E-state index in [0.717, 1.165) is 0 Å². The maximum atomic E-state index is 13.2. The van der Waals surface area contributed by atoms with E-state index in [9.17, 15) is 9.18 Å². The molecule has 0 aliphatic carbocycles. The topological polar surface area (TPSA) is 106 Å². The van der Waals surface area contributed by atoms with Crippen LogP contribution in [0.5, 0.6) is 5.75 Å². The number of anilines is 1. The number of H-pyrrole nitrogens is 1. The number of hydrogen-bond acceptors (Lipinski definition) is 6. The van der Waals surface area contributed by atoms with Gasteiger partial charge in [-0.2, -0.15) is 0 Å². The second kappa shape index (κ2) is 6.81. The third-order valence-electron chi connectivity index (χ3n) is 4.01. The quantitative estimate of drug-likeness (QED) is 0.713. The van der Waals surface area contributed by atoms with Gasteiger partial charge >= 0.3 is 0 Å². The van der Waals surface area contributed by atoms with E-state index in [1.165, 1.54) is 24.4 Å². The number of carbonyl (C=O) groups excluding carboxylic acids is 1. The average molecular weight is 386 g/mol. The summed E-state index contributed by atoms with van der Waals surface area (Å²) in [5, 5.41) is -0.0391. The number of hydrogen-bond donors (Lipinski definition) is 2. The van der Waals surface area contributed by atoms with Gasteiger partial charge in [0, 0.05) is 17.8 Å². The summed E-state index contributed by atoms with van der Waals surface area (Å²) in [5.41, 5.74) is 8.10. The van der Waals surface area contributed by atoms with Crippen molar-refractivity contribution >= 4 is 34.7 Å². The first-order chi connectivity index (χ1) is 13.0. The lowest BCUT2D eigenvalue weighted by atomic mass is 9.99. The number of rotatable bonds is 4. The highest BCUT2D eigenvalue weighted by Crippen LogP contribution is 2.34. The molecule has 0 fully saturated rings. The molecular weight excluding hydrogens is 373 g/mol. The largest absolute Gasteiger partial charge is 0.488 e. The number of carbonyl (C=O) groups is 1. The van der Waals surface area contributed by atoms with Crippen LogP contribution in [0.25, 0.3) is 11.4 Å². The smallest absolute Gasteiger partial charge is 0.197 e. The van der Waals surface area contributed by atoms with E-state index in [2.05, 4.69) is 19.9 Å². The number of imidazole rings is 1. The van der Waals surface area contributed by atoms with Crippen molar-refractivity contribution in [1.29, 1.82) is 0 Å². The van der Waals surface area contributed by atoms with E-state index in [-0.39, 0.29) is 29.8 Å². The maximum absolute atomic E-state index is 13.2. The summed E-state index contributed by atoms with van der Waals surface area (Å²) in [5.74, 6) is 0.00640. The Labute approximate surface area is 158 Å². The highest BCUT2D eigenvalue weighted by molar-refractivity contribution is 6.30. The summed E-state index contributed by atoms with van der Waals surface area (Å²) in [6.45, 7) is 0.0621. The van der Waals surface area contributed by atoms with Crippen LogP contribution in [0.4, 0.5) is 16.0 Å². The minimum atomic E-state index is -0.530. The first kappa shape index (κ1) is 17.2. The molecule has 3 N–H and O–H groups in total. The van der Waals surface area contributed by atoms with Crippen LogP contribution < -0.4 is 10.5 Å². The number of nitrogens with two attached hydrogens (primary N) is 1. The molecule has 0 saturated carbocycles. The molecule has 1 aromatic carbocycles. The van der Waals surface area contributed by atoms with Crippen molar-refractivity contribution in [3.63, 3.8) is 0 Å². The molecule has 0 unspecified atom stereocenters. The second-order valence-electron chi connectivity index (χ2n) is 5.88. The summed E-state index contributed by atoms with van der Waals surface area (Å²) < 4.78 is 18.8. The number of aliphatic imine (C=N–C) groups is 1.